The van der Waals surface area contributed by atoms with Crippen molar-refractivity contribution in [2.45, 2.75) is 6.61 Å². The number of nitro benzene ring substituents is 1. The van der Waals surface area contributed by atoms with Gasteiger partial charge in [0.05, 0.1) is 16.1 Å². The number of amides is 1. The first-order valence-corrected chi connectivity index (χ1v) is 11.2. The molecule has 1 N–H and O–H groups in total. The van der Waals surface area contributed by atoms with Crippen LogP contribution in [0.15, 0.2) is 88.7 Å². The SMILES string of the molecule is N=C1C(=Cc2ccc(OCc3ccccc3[N+](=O)[O-])cc2)C(=O)N=C2SC(c3cccnc3)=NN12. The van der Waals surface area contributed by atoms with Crippen LogP contribution < -0.4 is 4.74 Å². The molecule has 0 atom stereocenters. The number of nitro groups is 1. The summed E-state index contributed by atoms with van der Waals surface area (Å²) in [7, 11) is 0. The predicted molar refractivity (Wildman–Crippen MR) is 132 cm³/mol. The zero-order chi connectivity index (χ0) is 24.4. The summed E-state index contributed by atoms with van der Waals surface area (Å²) >= 11 is 1.21. The fourth-order valence-corrected chi connectivity index (χ4v) is 4.28. The largest absolute Gasteiger partial charge is 0.489 e. The van der Waals surface area contributed by atoms with Crippen molar-refractivity contribution < 1.29 is 14.5 Å². The van der Waals surface area contributed by atoms with Gasteiger partial charge in [-0.15, -0.1) is 0 Å². The van der Waals surface area contributed by atoms with E-state index in [1.54, 1.807) is 67.0 Å². The molecule has 35 heavy (non-hydrogen) atoms. The van der Waals surface area contributed by atoms with Crippen LogP contribution in [-0.4, -0.2) is 36.9 Å². The normalized spacial score (nSPS) is 16.1. The zero-order valence-corrected chi connectivity index (χ0v) is 18.8. The molecule has 0 aliphatic carbocycles. The molecule has 0 fully saturated rings. The number of benzene rings is 2. The lowest BCUT2D eigenvalue weighted by atomic mass is 10.1. The lowest BCUT2D eigenvalue weighted by Crippen LogP contribution is -2.35. The van der Waals surface area contributed by atoms with Crippen LogP contribution in [0.4, 0.5) is 5.69 Å². The average Bonchev–Trinajstić information content (AvgIpc) is 3.31. The van der Waals surface area contributed by atoms with Crippen molar-refractivity contribution in [3.63, 3.8) is 0 Å². The number of carbonyl (C=O) groups is 1. The number of hydrogen-bond acceptors (Lipinski definition) is 8. The second-order valence-corrected chi connectivity index (χ2v) is 8.37. The third kappa shape index (κ3) is 4.57. The van der Waals surface area contributed by atoms with Gasteiger partial charge in [0, 0.05) is 24.0 Å². The molecule has 0 radical (unpaired) electrons. The standard InChI is InChI=1S/C24H16N6O4S/c25-21-19(22(31)27-24-29(21)28-23(35-24)16-5-3-11-26-13-16)12-15-7-9-18(10-8-15)34-14-17-4-1-2-6-20(17)30(32)33/h1-13,25H,14H2. The van der Waals surface area contributed by atoms with Gasteiger partial charge < -0.3 is 4.74 Å². The number of ether oxygens (including phenoxy) is 1. The molecule has 0 unspecified atom stereocenters. The molecule has 1 aromatic heterocycles. The van der Waals surface area contributed by atoms with E-state index in [1.165, 1.54) is 22.8 Å². The summed E-state index contributed by atoms with van der Waals surface area (Å²) in [6.45, 7) is 0.0438. The van der Waals surface area contributed by atoms with Crippen LogP contribution in [-0.2, 0) is 11.4 Å². The average molecular weight is 484 g/mol. The molecule has 2 aromatic carbocycles. The van der Waals surface area contributed by atoms with Gasteiger partial charge in [0.2, 0.25) is 5.17 Å². The van der Waals surface area contributed by atoms with Crippen molar-refractivity contribution in [2.24, 2.45) is 10.1 Å². The maximum absolute atomic E-state index is 12.6. The molecule has 3 heterocycles. The van der Waals surface area contributed by atoms with Crippen LogP contribution in [0.1, 0.15) is 16.7 Å². The number of rotatable bonds is 6. The van der Waals surface area contributed by atoms with Crippen molar-refractivity contribution in [3.05, 3.63) is 105 Å². The Labute approximate surface area is 203 Å². The molecule has 0 spiro atoms. The smallest absolute Gasteiger partial charge is 0.283 e. The highest BCUT2D eigenvalue weighted by Gasteiger charge is 2.36. The van der Waals surface area contributed by atoms with Crippen LogP contribution in [0, 0.1) is 15.5 Å². The van der Waals surface area contributed by atoms with E-state index in [4.69, 9.17) is 10.1 Å². The second kappa shape index (κ2) is 9.31. The summed E-state index contributed by atoms with van der Waals surface area (Å²) in [6.07, 6.45) is 4.88. The highest BCUT2D eigenvalue weighted by molar-refractivity contribution is 8.27. The molecular formula is C24H16N6O4S. The van der Waals surface area contributed by atoms with Crippen LogP contribution in [0.2, 0.25) is 0 Å². The number of para-hydroxylation sites is 1. The summed E-state index contributed by atoms with van der Waals surface area (Å²) in [6, 6.07) is 16.9. The summed E-state index contributed by atoms with van der Waals surface area (Å²) in [5.74, 6) is -0.0754. The minimum Gasteiger partial charge on any atom is -0.489 e. The van der Waals surface area contributed by atoms with E-state index in [0.717, 1.165) is 5.56 Å². The third-order valence-electron chi connectivity index (χ3n) is 5.14. The van der Waals surface area contributed by atoms with Crippen molar-refractivity contribution in [1.82, 2.24) is 9.99 Å². The molecule has 2 aliphatic rings. The number of nitrogens with one attached hydrogen (secondary N) is 1. The second-order valence-electron chi connectivity index (χ2n) is 7.41. The number of hydrazone groups is 1. The van der Waals surface area contributed by atoms with E-state index in [2.05, 4.69) is 15.1 Å². The maximum atomic E-state index is 12.6. The number of aliphatic imine (C=N–C) groups is 1. The molecule has 172 valence electrons. The number of carbonyl (C=O) groups excluding carboxylic acids is 1. The van der Waals surface area contributed by atoms with Gasteiger partial charge in [-0.1, -0.05) is 24.3 Å². The monoisotopic (exact) mass is 484 g/mol. The number of pyridine rings is 1. The molecule has 0 saturated carbocycles. The van der Waals surface area contributed by atoms with E-state index in [0.29, 0.717) is 27.1 Å². The first kappa shape index (κ1) is 22.2. The molecule has 0 bridgehead atoms. The van der Waals surface area contributed by atoms with Gasteiger partial charge in [-0.2, -0.15) is 15.1 Å². The van der Waals surface area contributed by atoms with Crippen molar-refractivity contribution in [3.8, 4) is 5.75 Å². The number of aromatic nitrogens is 1. The van der Waals surface area contributed by atoms with E-state index >= 15 is 0 Å². The highest BCUT2D eigenvalue weighted by atomic mass is 32.2. The molecule has 1 amide bonds. The molecule has 2 aliphatic heterocycles. The van der Waals surface area contributed by atoms with Gasteiger partial charge in [-0.3, -0.25) is 25.3 Å². The quantitative estimate of drug-likeness (QED) is 0.314. The number of thioether (sulfide) groups is 1. The minimum absolute atomic E-state index is 0.00230. The maximum Gasteiger partial charge on any atom is 0.283 e. The van der Waals surface area contributed by atoms with Crippen molar-refractivity contribution in [1.29, 1.82) is 5.41 Å². The lowest BCUT2D eigenvalue weighted by molar-refractivity contribution is -0.385. The van der Waals surface area contributed by atoms with Gasteiger partial charge >= 0.3 is 0 Å². The molecule has 3 aromatic rings. The molecular weight excluding hydrogens is 468 g/mol. The molecule has 10 nitrogen and oxygen atoms in total. The van der Waals surface area contributed by atoms with Gasteiger partial charge in [-0.25, -0.2) is 0 Å². The first-order chi connectivity index (χ1) is 17.0. The van der Waals surface area contributed by atoms with Crippen LogP contribution >= 0.6 is 11.8 Å². The van der Waals surface area contributed by atoms with Crippen molar-refractivity contribution in [2.75, 3.05) is 0 Å². The van der Waals surface area contributed by atoms with E-state index in [-0.39, 0.29) is 23.7 Å². The Hall–Kier alpha value is -4.64. The Morgan fingerprint density at radius 3 is 2.66 bits per heavy atom. The zero-order valence-electron chi connectivity index (χ0n) is 18.0. The minimum atomic E-state index is -0.520. The van der Waals surface area contributed by atoms with Gasteiger partial charge in [0.25, 0.3) is 11.6 Å². The Morgan fingerprint density at radius 2 is 1.91 bits per heavy atom. The highest BCUT2D eigenvalue weighted by Crippen LogP contribution is 2.31. The third-order valence-corrected chi connectivity index (χ3v) is 6.09. The molecule has 5 rings (SSSR count). The number of fused-ring (bicyclic) bond motifs is 1. The van der Waals surface area contributed by atoms with Gasteiger partial charge in [0.1, 0.15) is 17.4 Å². The summed E-state index contributed by atoms with van der Waals surface area (Å²) < 4.78 is 5.69. The summed E-state index contributed by atoms with van der Waals surface area (Å²) in [5, 5.41) is 26.4. The number of amidine groups is 2. The lowest BCUT2D eigenvalue weighted by Gasteiger charge is -2.20. The number of nitrogens with zero attached hydrogens (tertiary/aromatic N) is 5. The Bertz CT molecular complexity index is 1430. The Balaban J connectivity index is 1.31. The summed E-state index contributed by atoms with van der Waals surface area (Å²) in [5.41, 5.74) is 2.01. The van der Waals surface area contributed by atoms with Crippen molar-refractivity contribution >= 4 is 45.5 Å². The first-order valence-electron chi connectivity index (χ1n) is 10.4. The molecule has 11 heteroatoms. The van der Waals surface area contributed by atoms with Crippen LogP contribution in [0.5, 0.6) is 5.75 Å². The van der Waals surface area contributed by atoms with Crippen LogP contribution in [0.25, 0.3) is 6.08 Å². The topological polar surface area (TPSA) is 134 Å². The number of hydrogen-bond donors (Lipinski definition) is 1. The fraction of sp³-hybridized carbons (Fsp3) is 0.0417. The van der Waals surface area contributed by atoms with Gasteiger partial charge in [-0.05, 0) is 53.7 Å². The Kier molecular flexibility index (Phi) is 5.90. The van der Waals surface area contributed by atoms with E-state index in [1.807, 2.05) is 6.07 Å². The molecule has 0 saturated heterocycles. The summed E-state index contributed by atoms with van der Waals surface area (Å²) in [4.78, 5) is 31.5. The van der Waals surface area contributed by atoms with E-state index < -0.39 is 10.8 Å². The van der Waals surface area contributed by atoms with Crippen LogP contribution in [0.3, 0.4) is 0 Å². The fourth-order valence-electron chi connectivity index (χ4n) is 3.40. The Morgan fingerprint density at radius 1 is 1.11 bits per heavy atom. The van der Waals surface area contributed by atoms with Gasteiger partial charge in [0.15, 0.2) is 5.84 Å². The van der Waals surface area contributed by atoms with E-state index in [9.17, 15) is 14.9 Å². The predicted octanol–water partition coefficient (Wildman–Crippen LogP) is 4.24.